The Bertz CT molecular complexity index is 1890. The Labute approximate surface area is 258 Å². The second kappa shape index (κ2) is 12.1. The zero-order valence-corrected chi connectivity index (χ0v) is 25.1. The van der Waals surface area contributed by atoms with E-state index in [1.807, 2.05) is 26.8 Å². The van der Waals surface area contributed by atoms with Gasteiger partial charge in [-0.1, -0.05) is 26.8 Å². The minimum Gasteiger partial charge on any atom is -0.392 e. The molecule has 1 aliphatic rings. The number of morpholine rings is 1. The van der Waals surface area contributed by atoms with E-state index in [0.29, 0.717) is 71.1 Å². The highest BCUT2D eigenvalue weighted by Crippen LogP contribution is 2.33. The van der Waals surface area contributed by atoms with E-state index in [-0.39, 0.29) is 22.7 Å². The Morgan fingerprint density at radius 2 is 1.84 bits per heavy atom. The number of H-pyrrole nitrogens is 1. The summed E-state index contributed by atoms with van der Waals surface area (Å²) in [6.45, 7) is 7.54. The molecule has 230 valence electrons. The molecular formula is C33H32FN7O4. The Kier molecular flexibility index (Phi) is 8.09. The molecule has 0 aliphatic carbocycles. The molecule has 5 heterocycles. The fraction of sp³-hybridized carbons (Fsp3) is 0.273. The van der Waals surface area contributed by atoms with Crippen molar-refractivity contribution in [3.63, 3.8) is 0 Å². The van der Waals surface area contributed by atoms with Crippen LogP contribution in [0.4, 0.5) is 10.2 Å². The smallest absolute Gasteiger partial charge is 0.259 e. The van der Waals surface area contributed by atoms with Crippen LogP contribution in [-0.4, -0.2) is 73.0 Å². The topological polar surface area (TPSA) is 146 Å². The van der Waals surface area contributed by atoms with Gasteiger partial charge in [0.25, 0.3) is 11.8 Å². The maximum Gasteiger partial charge on any atom is 0.259 e. The van der Waals surface area contributed by atoms with Crippen molar-refractivity contribution in [1.29, 1.82) is 0 Å². The van der Waals surface area contributed by atoms with Crippen molar-refractivity contribution in [3.05, 3.63) is 89.3 Å². The van der Waals surface area contributed by atoms with Crippen LogP contribution in [0.2, 0.25) is 0 Å². The van der Waals surface area contributed by atoms with Gasteiger partial charge >= 0.3 is 0 Å². The van der Waals surface area contributed by atoms with Crippen molar-refractivity contribution in [3.8, 4) is 22.6 Å². The molecule has 2 amide bonds. The number of rotatable bonds is 6. The van der Waals surface area contributed by atoms with Crippen molar-refractivity contribution in [2.45, 2.75) is 32.8 Å². The number of amides is 2. The summed E-state index contributed by atoms with van der Waals surface area (Å²) in [5.74, 6) is -1.34. The van der Waals surface area contributed by atoms with E-state index in [4.69, 9.17) is 4.74 Å². The third kappa shape index (κ3) is 6.02. The summed E-state index contributed by atoms with van der Waals surface area (Å²) in [5.41, 5.74) is 3.93. The fourth-order valence-electron chi connectivity index (χ4n) is 5.24. The molecule has 1 fully saturated rings. The van der Waals surface area contributed by atoms with Crippen LogP contribution in [0.3, 0.4) is 0 Å². The standard InChI is InChI=1S/C33H32FN7O4/c1-33(2,3)20-5-6-22(25(34)14-20)31(43)40-30-24(17-42)21(8-9-35-30)28-23-15-27(39-29(23)38-18-37-28)26-7-4-19(16-36-26)32(44)41-10-12-45-13-11-41/h4-9,14-16,18,42H,10-13,17H2,1-3H3,(H,35,40,43)(H,37,38,39). The van der Waals surface area contributed by atoms with E-state index in [1.54, 1.807) is 35.4 Å². The van der Waals surface area contributed by atoms with Gasteiger partial charge in [0.15, 0.2) is 0 Å². The molecule has 4 aromatic heterocycles. The maximum atomic E-state index is 14.9. The summed E-state index contributed by atoms with van der Waals surface area (Å²) in [5, 5.41) is 13.7. The lowest BCUT2D eigenvalue weighted by molar-refractivity contribution is 0.0302. The Hall–Kier alpha value is -5.07. The van der Waals surface area contributed by atoms with Gasteiger partial charge in [0, 0.05) is 42.0 Å². The number of halogens is 1. The number of carbonyl (C=O) groups excluding carboxylic acids is 2. The number of nitrogens with one attached hydrogen (secondary N) is 2. The first-order valence-electron chi connectivity index (χ1n) is 14.5. The highest BCUT2D eigenvalue weighted by molar-refractivity contribution is 6.05. The van der Waals surface area contributed by atoms with Crippen LogP contribution < -0.4 is 5.32 Å². The number of pyridine rings is 2. The molecule has 45 heavy (non-hydrogen) atoms. The Balaban J connectivity index is 1.29. The summed E-state index contributed by atoms with van der Waals surface area (Å²) >= 11 is 0. The van der Waals surface area contributed by atoms with Gasteiger partial charge in [-0.25, -0.2) is 19.3 Å². The largest absolute Gasteiger partial charge is 0.392 e. The van der Waals surface area contributed by atoms with Crippen LogP contribution in [0.25, 0.3) is 33.7 Å². The van der Waals surface area contributed by atoms with E-state index in [2.05, 4.69) is 30.2 Å². The van der Waals surface area contributed by atoms with Gasteiger partial charge in [-0.15, -0.1) is 0 Å². The lowest BCUT2D eigenvalue weighted by Crippen LogP contribution is -2.40. The Morgan fingerprint density at radius 1 is 1.04 bits per heavy atom. The lowest BCUT2D eigenvalue weighted by atomic mass is 9.86. The highest BCUT2D eigenvalue weighted by atomic mass is 19.1. The minimum atomic E-state index is -0.689. The number of fused-ring (bicyclic) bond motifs is 1. The molecule has 0 saturated carbocycles. The molecule has 0 bridgehead atoms. The SMILES string of the molecule is CC(C)(C)c1ccc(C(=O)Nc2nccc(-c3ncnc4[nH]c(-c5ccc(C(=O)N6CCOCC6)cn5)cc34)c2CO)c(F)c1. The number of anilines is 1. The quantitative estimate of drug-likeness (QED) is 0.250. The predicted molar refractivity (Wildman–Crippen MR) is 166 cm³/mol. The van der Waals surface area contributed by atoms with Gasteiger partial charge in [-0.05, 0) is 47.4 Å². The van der Waals surface area contributed by atoms with Crippen LogP contribution in [-0.2, 0) is 16.8 Å². The molecule has 6 rings (SSSR count). The number of nitrogens with zero attached hydrogens (tertiary/aromatic N) is 5. The number of aliphatic hydroxyl groups excluding tert-OH is 1. The lowest BCUT2D eigenvalue weighted by Gasteiger charge is -2.26. The molecule has 0 spiro atoms. The highest BCUT2D eigenvalue weighted by Gasteiger charge is 2.23. The number of ether oxygens (including phenoxy) is 1. The van der Waals surface area contributed by atoms with E-state index >= 15 is 0 Å². The minimum absolute atomic E-state index is 0.0870. The van der Waals surface area contributed by atoms with Crippen molar-refractivity contribution in [2.75, 3.05) is 31.6 Å². The van der Waals surface area contributed by atoms with Crippen LogP contribution in [0.15, 0.2) is 61.2 Å². The first kappa shape index (κ1) is 30.0. The van der Waals surface area contributed by atoms with Crippen molar-refractivity contribution in [1.82, 2.24) is 29.8 Å². The molecule has 1 aliphatic heterocycles. The molecule has 3 N–H and O–H groups in total. The fourth-order valence-corrected chi connectivity index (χ4v) is 5.24. The van der Waals surface area contributed by atoms with Gasteiger partial charge in [0.2, 0.25) is 0 Å². The Morgan fingerprint density at radius 3 is 2.53 bits per heavy atom. The van der Waals surface area contributed by atoms with Crippen molar-refractivity contribution < 1.29 is 23.8 Å². The summed E-state index contributed by atoms with van der Waals surface area (Å²) in [4.78, 5) is 48.5. The van der Waals surface area contributed by atoms with Crippen LogP contribution >= 0.6 is 0 Å². The normalized spacial score (nSPS) is 13.7. The number of aliphatic hydroxyl groups is 1. The van der Waals surface area contributed by atoms with E-state index < -0.39 is 18.3 Å². The molecule has 1 aromatic carbocycles. The van der Waals surface area contributed by atoms with Gasteiger partial charge in [-0.3, -0.25) is 14.6 Å². The number of benzene rings is 1. The summed E-state index contributed by atoms with van der Waals surface area (Å²) < 4.78 is 20.3. The average Bonchev–Trinajstić information content (AvgIpc) is 3.49. The third-order valence-electron chi connectivity index (χ3n) is 7.79. The number of aromatic nitrogens is 5. The van der Waals surface area contributed by atoms with E-state index in [1.165, 1.54) is 24.7 Å². The van der Waals surface area contributed by atoms with Crippen LogP contribution in [0.1, 0.15) is 52.6 Å². The second-order valence-electron chi connectivity index (χ2n) is 11.7. The summed E-state index contributed by atoms with van der Waals surface area (Å²) in [7, 11) is 0. The molecular weight excluding hydrogens is 577 g/mol. The molecule has 1 saturated heterocycles. The van der Waals surface area contributed by atoms with E-state index in [9.17, 15) is 19.1 Å². The van der Waals surface area contributed by atoms with Gasteiger partial charge in [-0.2, -0.15) is 0 Å². The van der Waals surface area contributed by atoms with Gasteiger partial charge < -0.3 is 25.0 Å². The number of aromatic amines is 1. The maximum absolute atomic E-state index is 14.9. The third-order valence-corrected chi connectivity index (χ3v) is 7.79. The number of carbonyl (C=O) groups is 2. The summed E-state index contributed by atoms with van der Waals surface area (Å²) in [6.07, 6.45) is 4.42. The zero-order valence-electron chi connectivity index (χ0n) is 25.1. The monoisotopic (exact) mass is 609 g/mol. The molecule has 5 aromatic rings. The average molecular weight is 610 g/mol. The molecule has 11 nitrogen and oxygen atoms in total. The van der Waals surface area contributed by atoms with Gasteiger partial charge in [0.1, 0.15) is 23.6 Å². The number of hydrogen-bond acceptors (Lipinski definition) is 8. The van der Waals surface area contributed by atoms with Crippen LogP contribution in [0, 0.1) is 5.82 Å². The molecule has 12 heteroatoms. The molecule has 0 radical (unpaired) electrons. The second-order valence-corrected chi connectivity index (χ2v) is 11.7. The van der Waals surface area contributed by atoms with Crippen molar-refractivity contribution >= 4 is 28.7 Å². The van der Waals surface area contributed by atoms with Crippen molar-refractivity contribution in [2.24, 2.45) is 0 Å². The zero-order chi connectivity index (χ0) is 31.7. The molecule has 0 unspecified atom stereocenters. The first-order valence-corrected chi connectivity index (χ1v) is 14.5. The predicted octanol–water partition coefficient (Wildman–Crippen LogP) is 4.74. The summed E-state index contributed by atoms with van der Waals surface area (Å²) in [6, 6.07) is 11.5. The van der Waals surface area contributed by atoms with E-state index in [0.717, 1.165) is 5.56 Å². The number of hydrogen-bond donors (Lipinski definition) is 3. The van der Waals surface area contributed by atoms with Crippen LogP contribution in [0.5, 0.6) is 0 Å². The molecule has 0 atom stereocenters. The van der Waals surface area contributed by atoms with Gasteiger partial charge in [0.05, 0.1) is 48.0 Å². The first-order chi connectivity index (χ1) is 21.6.